The second-order valence-corrected chi connectivity index (χ2v) is 8.10. The van der Waals surface area contributed by atoms with Gasteiger partial charge in [-0.1, -0.05) is 30.0 Å². The van der Waals surface area contributed by atoms with Crippen LogP contribution in [-0.4, -0.2) is 53.3 Å². The molecule has 0 spiro atoms. The zero-order valence-corrected chi connectivity index (χ0v) is 14.1. The van der Waals surface area contributed by atoms with Crippen LogP contribution in [0, 0.1) is 0 Å². The number of thioether (sulfide) groups is 1. The average Bonchev–Trinajstić information content (AvgIpc) is 3.05. The molecule has 0 amide bonds. The minimum absolute atomic E-state index is 0.0806. The summed E-state index contributed by atoms with van der Waals surface area (Å²) in [5.41, 5.74) is -0.0806. The lowest BCUT2D eigenvalue weighted by atomic mass is 9.99. The highest BCUT2D eigenvalue weighted by Crippen LogP contribution is 2.41. The second-order valence-electron chi connectivity index (χ2n) is 5.59. The van der Waals surface area contributed by atoms with Crippen molar-refractivity contribution in [3.8, 4) is 0 Å². The van der Waals surface area contributed by atoms with E-state index >= 15 is 0 Å². The Morgan fingerprint density at radius 2 is 2.30 bits per heavy atom. The van der Waals surface area contributed by atoms with Crippen LogP contribution in [0.4, 0.5) is 5.13 Å². The van der Waals surface area contributed by atoms with Crippen molar-refractivity contribution in [1.82, 2.24) is 15.5 Å². The van der Waals surface area contributed by atoms with Gasteiger partial charge in [0.25, 0.3) is 0 Å². The van der Waals surface area contributed by atoms with E-state index in [1.807, 2.05) is 30.8 Å². The van der Waals surface area contributed by atoms with Crippen LogP contribution >= 0.6 is 23.1 Å². The Bertz CT molecular complexity index is 426. The highest BCUT2D eigenvalue weighted by atomic mass is 32.2. The number of hydrogen-bond donors (Lipinski definition) is 2. The van der Waals surface area contributed by atoms with E-state index in [9.17, 15) is 5.11 Å². The van der Waals surface area contributed by atoms with E-state index in [0.29, 0.717) is 5.25 Å². The van der Waals surface area contributed by atoms with E-state index in [1.165, 1.54) is 0 Å². The van der Waals surface area contributed by atoms with Crippen LogP contribution in [0.2, 0.25) is 0 Å². The summed E-state index contributed by atoms with van der Waals surface area (Å²) < 4.78 is 1.03. The van der Waals surface area contributed by atoms with E-state index in [-0.39, 0.29) is 12.1 Å². The molecular weight excluding hydrogens is 292 g/mol. The molecule has 1 aromatic heterocycles. The molecular formula is C13H24N4OS2. The maximum absolute atomic E-state index is 9.70. The van der Waals surface area contributed by atoms with Gasteiger partial charge in [-0.05, 0) is 32.2 Å². The van der Waals surface area contributed by atoms with Crippen LogP contribution in [0.5, 0.6) is 0 Å². The van der Waals surface area contributed by atoms with Gasteiger partial charge in [0.2, 0.25) is 5.13 Å². The quantitative estimate of drug-likeness (QED) is 0.802. The van der Waals surface area contributed by atoms with Crippen LogP contribution in [0.25, 0.3) is 0 Å². The van der Waals surface area contributed by atoms with Crippen molar-refractivity contribution in [3.05, 3.63) is 0 Å². The van der Waals surface area contributed by atoms with Gasteiger partial charge >= 0.3 is 0 Å². The number of rotatable bonds is 7. The van der Waals surface area contributed by atoms with Gasteiger partial charge in [0.1, 0.15) is 0 Å². The topological polar surface area (TPSA) is 61.3 Å². The molecule has 1 saturated carbocycles. The molecule has 7 heteroatoms. The number of aromatic nitrogens is 2. The Hall–Kier alpha value is -0.370. The van der Waals surface area contributed by atoms with E-state index in [2.05, 4.69) is 22.4 Å². The fraction of sp³-hybridized carbons (Fsp3) is 0.846. The van der Waals surface area contributed by atoms with Gasteiger partial charge in [-0.2, -0.15) is 0 Å². The van der Waals surface area contributed by atoms with Crippen LogP contribution in [-0.2, 0) is 0 Å². The molecule has 1 fully saturated rings. The van der Waals surface area contributed by atoms with Crippen LogP contribution in [0.3, 0.4) is 0 Å². The van der Waals surface area contributed by atoms with Crippen LogP contribution in [0.15, 0.2) is 4.34 Å². The lowest BCUT2D eigenvalue weighted by molar-refractivity contribution is 0.165. The predicted octanol–water partition coefficient (Wildman–Crippen LogP) is 1.98. The fourth-order valence-corrected chi connectivity index (χ4v) is 4.84. The summed E-state index contributed by atoms with van der Waals surface area (Å²) in [7, 11) is 3.96. The van der Waals surface area contributed by atoms with E-state index < -0.39 is 0 Å². The van der Waals surface area contributed by atoms with Crippen molar-refractivity contribution < 1.29 is 5.11 Å². The average molecular weight is 316 g/mol. The number of hydrogen-bond acceptors (Lipinski definition) is 7. The van der Waals surface area contributed by atoms with Gasteiger partial charge in [0, 0.05) is 24.9 Å². The molecule has 0 saturated heterocycles. The number of nitrogens with one attached hydrogen (secondary N) is 1. The molecule has 0 aromatic carbocycles. The standard InChI is InChI=1S/C13H24N4OS2/c1-4-7-14-13(9-18)6-5-10(8-13)19-12-16-15-11(20-12)17(2)3/h10,14,18H,4-9H2,1-3H3. The smallest absolute Gasteiger partial charge is 0.208 e. The highest BCUT2D eigenvalue weighted by molar-refractivity contribution is 8.01. The molecule has 2 unspecified atom stereocenters. The summed E-state index contributed by atoms with van der Waals surface area (Å²) >= 11 is 3.44. The first-order valence-electron chi connectivity index (χ1n) is 7.12. The Morgan fingerprint density at radius 3 is 2.90 bits per heavy atom. The van der Waals surface area contributed by atoms with Crippen molar-refractivity contribution >= 4 is 28.2 Å². The molecule has 20 heavy (non-hydrogen) atoms. The van der Waals surface area contributed by atoms with Gasteiger partial charge in [0.15, 0.2) is 4.34 Å². The van der Waals surface area contributed by atoms with Gasteiger partial charge < -0.3 is 15.3 Å². The molecule has 0 aliphatic heterocycles. The lowest BCUT2D eigenvalue weighted by Crippen LogP contribution is -2.46. The van der Waals surface area contributed by atoms with Crippen LogP contribution in [0.1, 0.15) is 32.6 Å². The Labute approximate surface area is 129 Å². The number of nitrogens with zero attached hydrogens (tertiary/aromatic N) is 3. The number of aliphatic hydroxyl groups excluding tert-OH is 1. The van der Waals surface area contributed by atoms with Crippen molar-refractivity contribution in [2.75, 3.05) is 32.1 Å². The monoisotopic (exact) mass is 316 g/mol. The van der Waals surface area contributed by atoms with Crippen molar-refractivity contribution in [3.63, 3.8) is 0 Å². The van der Waals surface area contributed by atoms with E-state index in [1.54, 1.807) is 11.3 Å². The summed E-state index contributed by atoms with van der Waals surface area (Å²) in [4.78, 5) is 1.98. The third-order valence-electron chi connectivity index (χ3n) is 3.66. The molecule has 2 rings (SSSR count). The fourth-order valence-electron chi connectivity index (χ4n) is 2.50. The summed E-state index contributed by atoms with van der Waals surface area (Å²) in [6, 6.07) is 0. The highest BCUT2D eigenvalue weighted by Gasteiger charge is 2.38. The van der Waals surface area contributed by atoms with Gasteiger partial charge in [-0.25, -0.2) is 0 Å². The van der Waals surface area contributed by atoms with Crippen LogP contribution < -0.4 is 10.2 Å². The number of aliphatic hydroxyl groups is 1. The molecule has 0 radical (unpaired) electrons. The van der Waals surface area contributed by atoms with Gasteiger partial charge in [-0.3, -0.25) is 0 Å². The summed E-state index contributed by atoms with van der Waals surface area (Å²) in [5.74, 6) is 0. The van der Waals surface area contributed by atoms with Gasteiger partial charge in [0.05, 0.1) is 6.61 Å². The third kappa shape index (κ3) is 3.84. The maximum atomic E-state index is 9.70. The molecule has 114 valence electrons. The number of anilines is 1. The lowest BCUT2D eigenvalue weighted by Gasteiger charge is -2.28. The summed E-state index contributed by atoms with van der Waals surface area (Å²) in [5, 5.41) is 23.1. The molecule has 0 bridgehead atoms. The zero-order valence-electron chi connectivity index (χ0n) is 12.4. The minimum Gasteiger partial charge on any atom is -0.394 e. The Kier molecular flexibility index (Phi) is 5.65. The third-order valence-corrected chi connectivity index (χ3v) is 6.11. The molecule has 2 atom stereocenters. The first kappa shape index (κ1) is 16.0. The first-order valence-corrected chi connectivity index (χ1v) is 8.81. The zero-order chi connectivity index (χ0) is 14.6. The molecule has 1 heterocycles. The van der Waals surface area contributed by atoms with Crippen molar-refractivity contribution in [2.45, 2.75) is 47.7 Å². The normalized spacial score (nSPS) is 26.1. The van der Waals surface area contributed by atoms with Gasteiger partial charge in [-0.15, -0.1) is 10.2 Å². The molecule has 5 nitrogen and oxygen atoms in total. The molecule has 1 aliphatic rings. The predicted molar refractivity (Wildman–Crippen MR) is 85.8 cm³/mol. The van der Waals surface area contributed by atoms with E-state index in [0.717, 1.165) is 41.7 Å². The van der Waals surface area contributed by atoms with Crippen molar-refractivity contribution in [1.29, 1.82) is 0 Å². The molecule has 1 aliphatic carbocycles. The molecule has 2 N–H and O–H groups in total. The Balaban J connectivity index is 1.91. The summed E-state index contributed by atoms with van der Waals surface area (Å²) in [6.07, 6.45) is 4.27. The minimum atomic E-state index is -0.0806. The van der Waals surface area contributed by atoms with Crippen molar-refractivity contribution in [2.24, 2.45) is 0 Å². The summed E-state index contributed by atoms with van der Waals surface area (Å²) in [6.45, 7) is 3.36. The maximum Gasteiger partial charge on any atom is 0.208 e. The second kappa shape index (κ2) is 7.06. The largest absolute Gasteiger partial charge is 0.394 e. The van der Waals surface area contributed by atoms with E-state index in [4.69, 9.17) is 0 Å². The SMILES string of the molecule is CCCNC1(CO)CCC(Sc2nnc(N(C)C)s2)C1. The molecule has 1 aromatic rings. The Morgan fingerprint density at radius 1 is 1.50 bits per heavy atom. The first-order chi connectivity index (χ1) is 9.58.